The summed E-state index contributed by atoms with van der Waals surface area (Å²) in [5.41, 5.74) is 2.19. The predicted octanol–water partition coefficient (Wildman–Crippen LogP) is 2.46. The number of amides is 1. The quantitative estimate of drug-likeness (QED) is 0.890. The number of nitrogens with one attached hydrogen (secondary N) is 2. The number of rotatable bonds is 5. The summed E-state index contributed by atoms with van der Waals surface area (Å²) in [5, 5.41) is 8.84. The summed E-state index contributed by atoms with van der Waals surface area (Å²) in [6.07, 6.45) is 1.04. The molecule has 0 bridgehead atoms. The van der Waals surface area contributed by atoms with Gasteiger partial charge in [-0.15, -0.1) is 0 Å². The van der Waals surface area contributed by atoms with Crippen molar-refractivity contribution in [2.24, 2.45) is 5.92 Å². The van der Waals surface area contributed by atoms with Crippen molar-refractivity contribution in [3.63, 3.8) is 0 Å². The molecule has 1 aromatic heterocycles. The molecule has 116 valence electrons. The van der Waals surface area contributed by atoms with Crippen molar-refractivity contribution in [3.8, 4) is 0 Å². The van der Waals surface area contributed by atoms with Crippen molar-refractivity contribution in [2.75, 3.05) is 0 Å². The Balaban J connectivity index is 2.02. The Morgan fingerprint density at radius 3 is 2.36 bits per heavy atom. The highest BCUT2D eigenvalue weighted by molar-refractivity contribution is 5.92. The van der Waals surface area contributed by atoms with Gasteiger partial charge in [0.05, 0.1) is 6.04 Å². The number of carbonyl (C=O) groups excluding carboxylic acids is 1. The van der Waals surface area contributed by atoms with Crippen molar-refractivity contribution < 1.29 is 4.79 Å². The van der Waals surface area contributed by atoms with Gasteiger partial charge in [0.1, 0.15) is 5.69 Å². The first kappa shape index (κ1) is 15.9. The van der Waals surface area contributed by atoms with Crippen LogP contribution in [0.4, 0.5) is 0 Å². The van der Waals surface area contributed by atoms with Gasteiger partial charge in [0.25, 0.3) is 11.5 Å². The molecule has 0 radical (unpaired) electrons. The highest BCUT2D eigenvalue weighted by Gasteiger charge is 2.12. The normalized spacial score (nSPS) is 12.2. The maximum absolute atomic E-state index is 12.1. The third-order valence-corrected chi connectivity index (χ3v) is 3.38. The van der Waals surface area contributed by atoms with E-state index in [1.54, 1.807) is 0 Å². The summed E-state index contributed by atoms with van der Waals surface area (Å²) in [5.74, 6) is 0.310. The summed E-state index contributed by atoms with van der Waals surface area (Å²) >= 11 is 0. The van der Waals surface area contributed by atoms with Crippen molar-refractivity contribution in [1.82, 2.24) is 15.5 Å². The number of nitrogens with zero attached hydrogens (tertiary/aromatic N) is 1. The van der Waals surface area contributed by atoms with Crippen LogP contribution in [0.1, 0.15) is 48.4 Å². The summed E-state index contributed by atoms with van der Waals surface area (Å²) < 4.78 is 0. The summed E-state index contributed by atoms with van der Waals surface area (Å²) in [6.45, 7) is 6.29. The van der Waals surface area contributed by atoms with Gasteiger partial charge < -0.3 is 5.32 Å². The number of hydrogen-bond donors (Lipinski definition) is 2. The average molecular weight is 299 g/mol. The van der Waals surface area contributed by atoms with E-state index in [4.69, 9.17) is 0 Å². The molecule has 5 heteroatoms. The Hall–Kier alpha value is -2.43. The molecule has 1 heterocycles. The van der Waals surface area contributed by atoms with Gasteiger partial charge in [-0.1, -0.05) is 38.1 Å². The van der Waals surface area contributed by atoms with Gasteiger partial charge >= 0.3 is 0 Å². The molecule has 2 aromatic rings. The lowest BCUT2D eigenvalue weighted by molar-refractivity contribution is 0.0933. The number of aromatic amines is 1. The maximum atomic E-state index is 12.1. The van der Waals surface area contributed by atoms with E-state index >= 15 is 0 Å². The van der Waals surface area contributed by atoms with Crippen LogP contribution in [0.5, 0.6) is 0 Å². The molecule has 1 aromatic carbocycles. The molecule has 5 nitrogen and oxygen atoms in total. The van der Waals surface area contributed by atoms with E-state index < -0.39 is 0 Å². The van der Waals surface area contributed by atoms with Crippen molar-refractivity contribution in [1.29, 1.82) is 0 Å². The second kappa shape index (κ2) is 7.02. The average Bonchev–Trinajstić information content (AvgIpc) is 2.48. The van der Waals surface area contributed by atoms with Gasteiger partial charge in [0.15, 0.2) is 0 Å². The second-order valence-corrected chi connectivity index (χ2v) is 5.84. The van der Waals surface area contributed by atoms with E-state index in [0.29, 0.717) is 5.92 Å². The van der Waals surface area contributed by atoms with Crippen molar-refractivity contribution in [3.05, 3.63) is 63.6 Å². The van der Waals surface area contributed by atoms with E-state index in [1.807, 2.05) is 19.1 Å². The fraction of sp³-hybridized carbons (Fsp3) is 0.353. The molecule has 22 heavy (non-hydrogen) atoms. The molecule has 0 aliphatic carbocycles. The number of carbonyl (C=O) groups is 1. The minimum Gasteiger partial charge on any atom is -0.344 e. The number of aromatic nitrogens is 2. The van der Waals surface area contributed by atoms with E-state index in [-0.39, 0.29) is 23.2 Å². The molecule has 0 aliphatic heterocycles. The highest BCUT2D eigenvalue weighted by atomic mass is 16.2. The third kappa shape index (κ3) is 4.28. The Morgan fingerprint density at radius 2 is 1.82 bits per heavy atom. The van der Waals surface area contributed by atoms with Gasteiger partial charge in [-0.3, -0.25) is 9.59 Å². The lowest BCUT2D eigenvalue weighted by Crippen LogP contribution is -2.28. The number of benzene rings is 1. The minimum absolute atomic E-state index is 0.130. The molecular formula is C17H21N3O2. The molecular weight excluding hydrogens is 278 g/mol. The first-order valence-corrected chi connectivity index (χ1v) is 7.41. The molecule has 1 atom stereocenters. The summed E-state index contributed by atoms with van der Waals surface area (Å²) in [4.78, 5) is 23.0. The molecule has 2 N–H and O–H groups in total. The van der Waals surface area contributed by atoms with Gasteiger partial charge in [-0.2, -0.15) is 5.10 Å². The summed E-state index contributed by atoms with van der Waals surface area (Å²) in [6, 6.07) is 10.8. The molecule has 0 spiro atoms. The first-order chi connectivity index (χ1) is 10.5. The van der Waals surface area contributed by atoms with Crippen LogP contribution >= 0.6 is 0 Å². The predicted molar refractivity (Wildman–Crippen MR) is 85.7 cm³/mol. The molecule has 0 fully saturated rings. The lowest BCUT2D eigenvalue weighted by atomic mass is 10.00. The molecule has 0 unspecified atom stereocenters. The SMILES string of the molecule is CC(C)Cc1ccc([C@@H](C)NC(=O)c2ccc(=O)[nH]n2)cc1. The van der Waals surface area contributed by atoms with E-state index in [9.17, 15) is 9.59 Å². The summed E-state index contributed by atoms with van der Waals surface area (Å²) in [7, 11) is 0. The van der Waals surface area contributed by atoms with E-state index in [0.717, 1.165) is 12.0 Å². The fourth-order valence-corrected chi connectivity index (χ4v) is 2.24. The molecule has 0 aliphatic rings. The fourth-order valence-electron chi connectivity index (χ4n) is 2.24. The maximum Gasteiger partial charge on any atom is 0.272 e. The first-order valence-electron chi connectivity index (χ1n) is 7.41. The number of H-pyrrole nitrogens is 1. The van der Waals surface area contributed by atoms with Crippen LogP contribution in [0.3, 0.4) is 0 Å². The van der Waals surface area contributed by atoms with E-state index in [2.05, 4.69) is 41.5 Å². The third-order valence-electron chi connectivity index (χ3n) is 3.38. The minimum atomic E-state index is -0.328. The Morgan fingerprint density at radius 1 is 1.14 bits per heavy atom. The van der Waals surface area contributed by atoms with Crippen molar-refractivity contribution >= 4 is 5.91 Å². The van der Waals surface area contributed by atoms with Gasteiger partial charge in [0.2, 0.25) is 0 Å². The topological polar surface area (TPSA) is 74.8 Å². The second-order valence-electron chi connectivity index (χ2n) is 5.84. The van der Waals surface area contributed by atoms with Crippen LogP contribution in [-0.4, -0.2) is 16.1 Å². The largest absolute Gasteiger partial charge is 0.344 e. The number of hydrogen-bond acceptors (Lipinski definition) is 3. The van der Waals surface area contributed by atoms with Gasteiger partial charge in [0, 0.05) is 6.07 Å². The van der Waals surface area contributed by atoms with Gasteiger partial charge in [-0.05, 0) is 36.5 Å². The molecule has 1 amide bonds. The zero-order valence-electron chi connectivity index (χ0n) is 13.1. The zero-order chi connectivity index (χ0) is 16.1. The zero-order valence-corrected chi connectivity index (χ0v) is 13.1. The van der Waals surface area contributed by atoms with Crippen LogP contribution in [0.25, 0.3) is 0 Å². The molecule has 0 saturated heterocycles. The lowest BCUT2D eigenvalue weighted by Gasteiger charge is -2.15. The van der Waals surface area contributed by atoms with Crippen LogP contribution in [0, 0.1) is 5.92 Å². The monoisotopic (exact) mass is 299 g/mol. The standard InChI is InChI=1S/C17H21N3O2/c1-11(2)10-13-4-6-14(7-5-13)12(3)18-17(22)15-8-9-16(21)20-19-15/h4-9,11-12H,10H2,1-3H3,(H,18,22)(H,20,21)/t12-/m1/s1. The van der Waals surface area contributed by atoms with Crippen LogP contribution in [0.15, 0.2) is 41.2 Å². The smallest absolute Gasteiger partial charge is 0.272 e. The highest BCUT2D eigenvalue weighted by Crippen LogP contribution is 2.15. The van der Waals surface area contributed by atoms with Crippen LogP contribution in [-0.2, 0) is 6.42 Å². The molecule has 0 saturated carbocycles. The Kier molecular flexibility index (Phi) is 5.09. The van der Waals surface area contributed by atoms with E-state index in [1.165, 1.54) is 17.7 Å². The van der Waals surface area contributed by atoms with Crippen molar-refractivity contribution in [2.45, 2.75) is 33.2 Å². The van der Waals surface area contributed by atoms with Crippen LogP contribution in [0.2, 0.25) is 0 Å². The Labute approximate surface area is 129 Å². The Bertz CT molecular complexity index is 669. The van der Waals surface area contributed by atoms with Gasteiger partial charge in [-0.25, -0.2) is 5.10 Å². The molecule has 2 rings (SSSR count). The van der Waals surface area contributed by atoms with Crippen LogP contribution < -0.4 is 10.9 Å².